The van der Waals surface area contributed by atoms with Gasteiger partial charge in [0, 0.05) is 12.7 Å². The lowest BCUT2D eigenvalue weighted by Crippen LogP contribution is -2.27. The summed E-state index contributed by atoms with van der Waals surface area (Å²) in [5, 5.41) is 11.8. The fourth-order valence-corrected chi connectivity index (χ4v) is 2.22. The number of hydrogen-bond donors (Lipinski definition) is 1. The molecule has 18 heavy (non-hydrogen) atoms. The van der Waals surface area contributed by atoms with Crippen molar-refractivity contribution in [2.75, 3.05) is 6.54 Å². The zero-order valence-electron chi connectivity index (χ0n) is 10.7. The first-order valence-corrected chi connectivity index (χ1v) is 6.32. The van der Waals surface area contributed by atoms with Crippen LogP contribution in [0.1, 0.15) is 36.8 Å². The molecule has 2 aromatic rings. The molecule has 0 amide bonds. The predicted octanol–water partition coefficient (Wildman–Crippen LogP) is 1.59. The van der Waals surface area contributed by atoms with Crippen molar-refractivity contribution in [2.24, 2.45) is 7.05 Å². The minimum atomic E-state index is 0.223. The third kappa shape index (κ3) is 2.03. The SMILES string of the molecule is Cc1cc(-c2nc(C3CCCCN3)no2)nn1C. The van der Waals surface area contributed by atoms with Crippen LogP contribution in [0.15, 0.2) is 10.6 Å². The van der Waals surface area contributed by atoms with Gasteiger partial charge >= 0.3 is 0 Å². The molecule has 1 aliphatic heterocycles. The molecule has 0 radical (unpaired) electrons. The zero-order chi connectivity index (χ0) is 12.5. The van der Waals surface area contributed by atoms with E-state index in [1.54, 1.807) is 4.68 Å². The first-order chi connectivity index (χ1) is 8.74. The minimum absolute atomic E-state index is 0.223. The van der Waals surface area contributed by atoms with E-state index in [9.17, 15) is 0 Å². The number of nitrogens with one attached hydrogen (secondary N) is 1. The highest BCUT2D eigenvalue weighted by Gasteiger charge is 2.21. The number of rotatable bonds is 2. The number of aromatic nitrogens is 4. The summed E-state index contributed by atoms with van der Waals surface area (Å²) >= 11 is 0. The van der Waals surface area contributed by atoms with Crippen molar-refractivity contribution in [3.8, 4) is 11.6 Å². The Balaban J connectivity index is 1.84. The summed E-state index contributed by atoms with van der Waals surface area (Å²) in [5.74, 6) is 1.24. The Morgan fingerprint density at radius 1 is 1.44 bits per heavy atom. The third-order valence-corrected chi connectivity index (χ3v) is 3.40. The molecule has 3 rings (SSSR count). The second-order valence-electron chi connectivity index (χ2n) is 4.75. The van der Waals surface area contributed by atoms with Crippen LogP contribution >= 0.6 is 0 Å². The summed E-state index contributed by atoms with van der Waals surface area (Å²) in [6.07, 6.45) is 3.51. The second-order valence-corrected chi connectivity index (χ2v) is 4.75. The standard InChI is InChI=1S/C12H17N5O/c1-8-7-10(15-17(8)2)12-14-11(16-18-12)9-5-3-4-6-13-9/h7,9,13H,3-6H2,1-2H3. The van der Waals surface area contributed by atoms with Gasteiger partial charge in [0.2, 0.25) is 0 Å². The van der Waals surface area contributed by atoms with E-state index in [4.69, 9.17) is 4.52 Å². The highest BCUT2D eigenvalue weighted by atomic mass is 16.5. The fraction of sp³-hybridized carbons (Fsp3) is 0.583. The van der Waals surface area contributed by atoms with E-state index < -0.39 is 0 Å². The van der Waals surface area contributed by atoms with E-state index in [1.807, 2.05) is 20.0 Å². The van der Waals surface area contributed by atoms with E-state index in [0.29, 0.717) is 5.89 Å². The lowest BCUT2D eigenvalue weighted by atomic mass is 10.0. The van der Waals surface area contributed by atoms with Crippen molar-refractivity contribution in [2.45, 2.75) is 32.2 Å². The summed E-state index contributed by atoms with van der Waals surface area (Å²) < 4.78 is 7.10. The molecule has 3 heterocycles. The average Bonchev–Trinajstić information content (AvgIpc) is 2.99. The molecule has 2 aromatic heterocycles. The molecule has 6 nitrogen and oxygen atoms in total. The van der Waals surface area contributed by atoms with Crippen LogP contribution in [0.2, 0.25) is 0 Å². The second kappa shape index (κ2) is 4.53. The number of piperidine rings is 1. The van der Waals surface area contributed by atoms with Crippen LogP contribution < -0.4 is 5.32 Å². The lowest BCUT2D eigenvalue weighted by Gasteiger charge is -2.19. The maximum absolute atomic E-state index is 5.30. The lowest BCUT2D eigenvalue weighted by molar-refractivity contribution is 0.366. The molecular formula is C12H17N5O. The predicted molar refractivity (Wildman–Crippen MR) is 65.8 cm³/mol. The third-order valence-electron chi connectivity index (χ3n) is 3.40. The number of hydrogen-bond acceptors (Lipinski definition) is 5. The van der Waals surface area contributed by atoms with E-state index in [0.717, 1.165) is 30.2 Å². The first-order valence-electron chi connectivity index (χ1n) is 6.32. The summed E-state index contributed by atoms with van der Waals surface area (Å²) in [4.78, 5) is 4.44. The van der Waals surface area contributed by atoms with Gasteiger partial charge in [-0.15, -0.1) is 0 Å². The van der Waals surface area contributed by atoms with Crippen molar-refractivity contribution in [3.05, 3.63) is 17.6 Å². The largest absolute Gasteiger partial charge is 0.332 e. The van der Waals surface area contributed by atoms with Crippen molar-refractivity contribution < 1.29 is 4.52 Å². The molecule has 0 bridgehead atoms. The summed E-state index contributed by atoms with van der Waals surface area (Å²) in [5.41, 5.74) is 1.81. The molecule has 0 spiro atoms. The van der Waals surface area contributed by atoms with Crippen LogP contribution in [0.4, 0.5) is 0 Å². The quantitative estimate of drug-likeness (QED) is 0.872. The zero-order valence-corrected chi connectivity index (χ0v) is 10.7. The van der Waals surface area contributed by atoms with Crippen molar-refractivity contribution in [1.29, 1.82) is 0 Å². The smallest absolute Gasteiger partial charge is 0.278 e. The van der Waals surface area contributed by atoms with E-state index >= 15 is 0 Å². The van der Waals surface area contributed by atoms with Gasteiger partial charge in [-0.05, 0) is 32.4 Å². The fourth-order valence-electron chi connectivity index (χ4n) is 2.22. The monoisotopic (exact) mass is 247 g/mol. The summed E-state index contributed by atoms with van der Waals surface area (Å²) in [7, 11) is 1.90. The molecule has 1 atom stereocenters. The molecule has 0 aliphatic carbocycles. The highest BCUT2D eigenvalue weighted by Crippen LogP contribution is 2.23. The van der Waals surface area contributed by atoms with Crippen LogP contribution in [0, 0.1) is 6.92 Å². The Bertz CT molecular complexity index is 519. The van der Waals surface area contributed by atoms with Gasteiger partial charge in [-0.3, -0.25) is 4.68 Å². The van der Waals surface area contributed by atoms with Crippen molar-refractivity contribution >= 4 is 0 Å². The van der Waals surface area contributed by atoms with Gasteiger partial charge in [0.25, 0.3) is 5.89 Å². The molecule has 0 saturated carbocycles. The van der Waals surface area contributed by atoms with Crippen molar-refractivity contribution in [3.63, 3.8) is 0 Å². The molecule has 96 valence electrons. The van der Waals surface area contributed by atoms with Gasteiger partial charge in [0.1, 0.15) is 0 Å². The molecule has 1 fully saturated rings. The van der Waals surface area contributed by atoms with Gasteiger partial charge in [0.05, 0.1) is 6.04 Å². The molecule has 1 N–H and O–H groups in total. The van der Waals surface area contributed by atoms with Gasteiger partial charge in [-0.2, -0.15) is 10.1 Å². The Morgan fingerprint density at radius 3 is 3.00 bits per heavy atom. The van der Waals surface area contributed by atoms with E-state index in [-0.39, 0.29) is 6.04 Å². The molecule has 1 saturated heterocycles. The topological polar surface area (TPSA) is 68.8 Å². The van der Waals surface area contributed by atoms with Crippen LogP contribution in [0.3, 0.4) is 0 Å². The van der Waals surface area contributed by atoms with Crippen LogP contribution in [0.5, 0.6) is 0 Å². The minimum Gasteiger partial charge on any atom is -0.332 e. The van der Waals surface area contributed by atoms with Crippen molar-refractivity contribution in [1.82, 2.24) is 25.2 Å². The Morgan fingerprint density at radius 2 is 2.33 bits per heavy atom. The maximum Gasteiger partial charge on any atom is 0.278 e. The molecule has 1 aliphatic rings. The molecule has 6 heteroatoms. The highest BCUT2D eigenvalue weighted by molar-refractivity contribution is 5.46. The number of aryl methyl sites for hydroxylation is 2. The molecule has 1 unspecified atom stereocenters. The Hall–Kier alpha value is -1.69. The van der Waals surface area contributed by atoms with Gasteiger partial charge in [-0.25, -0.2) is 0 Å². The number of nitrogens with zero attached hydrogens (tertiary/aromatic N) is 4. The van der Waals surface area contributed by atoms with Crippen LogP contribution in [-0.4, -0.2) is 26.5 Å². The van der Waals surface area contributed by atoms with E-state index in [2.05, 4.69) is 20.6 Å². The Kier molecular flexibility index (Phi) is 2.87. The van der Waals surface area contributed by atoms with Crippen LogP contribution in [-0.2, 0) is 7.05 Å². The maximum atomic E-state index is 5.30. The molecular weight excluding hydrogens is 230 g/mol. The average molecular weight is 247 g/mol. The van der Waals surface area contributed by atoms with Gasteiger partial charge < -0.3 is 9.84 Å². The van der Waals surface area contributed by atoms with Gasteiger partial charge in [-0.1, -0.05) is 11.6 Å². The summed E-state index contributed by atoms with van der Waals surface area (Å²) in [6, 6.07) is 2.17. The molecule has 0 aromatic carbocycles. The normalized spacial score (nSPS) is 20.2. The van der Waals surface area contributed by atoms with E-state index in [1.165, 1.54) is 12.8 Å². The van der Waals surface area contributed by atoms with Crippen LogP contribution in [0.25, 0.3) is 11.6 Å². The summed E-state index contributed by atoms with van der Waals surface area (Å²) in [6.45, 7) is 3.02. The van der Waals surface area contributed by atoms with Gasteiger partial charge in [0.15, 0.2) is 11.5 Å². The Labute approximate surface area is 105 Å². The first kappa shape index (κ1) is 11.4.